The number of benzene rings is 2. The number of halogens is 2. The molecule has 0 aliphatic carbocycles. The van der Waals surface area contributed by atoms with E-state index >= 15 is 0 Å². The third kappa shape index (κ3) is 6.13. The highest BCUT2D eigenvalue weighted by atomic mass is 35.5. The first-order valence-electron chi connectivity index (χ1n) is 9.48. The average Bonchev–Trinajstić information content (AvgIpc) is 2.70. The van der Waals surface area contributed by atoms with Gasteiger partial charge in [0.05, 0.1) is 16.5 Å². The first kappa shape index (κ1) is 22.9. The minimum Gasteiger partial charge on any atom is -0.457 e. The summed E-state index contributed by atoms with van der Waals surface area (Å²) in [7, 11) is -2.17. The lowest BCUT2D eigenvalue weighted by molar-refractivity contribution is 0.0935. The lowest BCUT2D eigenvalue weighted by atomic mass is 10.1. The normalized spacial score (nSPS) is 16.0. The van der Waals surface area contributed by atoms with Crippen LogP contribution in [-0.4, -0.2) is 64.7 Å². The quantitative estimate of drug-likeness (QED) is 0.656. The number of sulfonamides is 1. The van der Waals surface area contributed by atoms with E-state index in [0.717, 1.165) is 32.7 Å². The fraction of sp³-hybridized carbons (Fsp3) is 0.400. The van der Waals surface area contributed by atoms with Crippen LogP contribution < -0.4 is 9.88 Å². The molecular weight excluding hydrogens is 433 g/mol. The van der Waals surface area contributed by atoms with E-state index in [1.165, 1.54) is 30.3 Å². The van der Waals surface area contributed by atoms with Gasteiger partial charge in [-0.2, -0.15) is 0 Å². The van der Waals surface area contributed by atoms with E-state index in [2.05, 4.69) is 9.80 Å². The molecule has 0 spiro atoms. The van der Waals surface area contributed by atoms with Crippen LogP contribution in [0.1, 0.15) is 5.56 Å². The van der Waals surface area contributed by atoms with Crippen LogP contribution in [0.15, 0.2) is 41.3 Å². The molecule has 0 saturated carbocycles. The molecule has 0 atom stereocenters. The maximum Gasteiger partial charge on any atom is 0.238 e. The zero-order valence-corrected chi connectivity index (χ0v) is 18.3. The molecule has 3 rings (SSSR count). The summed E-state index contributed by atoms with van der Waals surface area (Å²) in [6, 6.07) is 8.53. The lowest BCUT2D eigenvalue weighted by Crippen LogP contribution is -2.46. The van der Waals surface area contributed by atoms with Crippen LogP contribution in [0.3, 0.4) is 0 Å². The Kier molecular flexibility index (Phi) is 7.67. The van der Waals surface area contributed by atoms with Crippen molar-refractivity contribution >= 4 is 21.6 Å². The van der Waals surface area contributed by atoms with Crippen molar-refractivity contribution in [2.45, 2.75) is 11.4 Å². The van der Waals surface area contributed by atoms with Gasteiger partial charge in [0, 0.05) is 58.0 Å². The summed E-state index contributed by atoms with van der Waals surface area (Å²) in [5.41, 5.74) is 0.673. The molecule has 0 aromatic heterocycles. The summed E-state index contributed by atoms with van der Waals surface area (Å²) in [6.45, 7) is 5.49. The van der Waals surface area contributed by atoms with Gasteiger partial charge >= 0.3 is 0 Å². The third-order valence-corrected chi connectivity index (χ3v) is 6.15. The van der Waals surface area contributed by atoms with E-state index in [-0.39, 0.29) is 9.92 Å². The summed E-state index contributed by atoms with van der Waals surface area (Å²) >= 11 is 5.84. The summed E-state index contributed by atoms with van der Waals surface area (Å²) in [6.07, 6.45) is 0. The fourth-order valence-corrected chi connectivity index (χ4v) is 3.99. The van der Waals surface area contributed by atoms with Gasteiger partial charge < -0.3 is 9.47 Å². The Balaban J connectivity index is 1.79. The van der Waals surface area contributed by atoms with Gasteiger partial charge in [0.2, 0.25) is 10.0 Å². The predicted octanol–water partition coefficient (Wildman–Crippen LogP) is 2.68. The summed E-state index contributed by atoms with van der Waals surface area (Å²) in [5, 5.41) is 5.25. The van der Waals surface area contributed by atoms with Gasteiger partial charge in [-0.15, -0.1) is 0 Å². The number of rotatable bonds is 8. The number of piperazine rings is 1. The fourth-order valence-electron chi connectivity index (χ4n) is 3.26. The van der Waals surface area contributed by atoms with Crippen molar-refractivity contribution in [3.63, 3.8) is 0 Å². The highest BCUT2D eigenvalue weighted by Gasteiger charge is 2.20. The average molecular weight is 458 g/mol. The number of hydrogen-bond acceptors (Lipinski definition) is 6. The van der Waals surface area contributed by atoms with Crippen LogP contribution >= 0.6 is 11.6 Å². The van der Waals surface area contributed by atoms with Crippen LogP contribution in [-0.2, 0) is 21.3 Å². The Morgan fingerprint density at radius 3 is 2.43 bits per heavy atom. The second-order valence-electron chi connectivity index (χ2n) is 7.10. The smallest absolute Gasteiger partial charge is 0.238 e. The molecule has 164 valence electrons. The van der Waals surface area contributed by atoms with Gasteiger partial charge in [-0.25, -0.2) is 17.9 Å². The van der Waals surface area contributed by atoms with Crippen molar-refractivity contribution in [1.29, 1.82) is 0 Å². The highest BCUT2D eigenvalue weighted by molar-refractivity contribution is 7.89. The molecule has 1 fully saturated rings. The first-order chi connectivity index (χ1) is 14.3. The van der Waals surface area contributed by atoms with Gasteiger partial charge in [-0.05, 0) is 30.3 Å². The maximum atomic E-state index is 13.4. The Morgan fingerprint density at radius 1 is 1.10 bits per heavy atom. The Labute approximate surface area is 181 Å². The molecule has 1 saturated heterocycles. The lowest BCUT2D eigenvalue weighted by Gasteiger charge is -2.34. The van der Waals surface area contributed by atoms with Gasteiger partial charge in [0.15, 0.2) is 0 Å². The largest absolute Gasteiger partial charge is 0.457 e. The monoisotopic (exact) mass is 457 g/mol. The van der Waals surface area contributed by atoms with E-state index in [4.69, 9.17) is 26.2 Å². The molecule has 0 radical (unpaired) electrons. The first-order valence-corrected chi connectivity index (χ1v) is 11.4. The topological polar surface area (TPSA) is 85.1 Å². The van der Waals surface area contributed by atoms with Gasteiger partial charge in [0.25, 0.3) is 0 Å². The second kappa shape index (κ2) is 10.0. The van der Waals surface area contributed by atoms with E-state index < -0.39 is 15.8 Å². The van der Waals surface area contributed by atoms with E-state index in [1.54, 1.807) is 13.2 Å². The van der Waals surface area contributed by atoms with Crippen LogP contribution in [0.5, 0.6) is 11.5 Å². The molecule has 0 unspecified atom stereocenters. The Morgan fingerprint density at radius 2 is 1.80 bits per heavy atom. The molecule has 1 aliphatic rings. The minimum atomic E-state index is -3.85. The molecule has 10 heteroatoms. The van der Waals surface area contributed by atoms with Crippen LogP contribution in [0.4, 0.5) is 4.39 Å². The zero-order valence-electron chi connectivity index (χ0n) is 16.7. The van der Waals surface area contributed by atoms with Crippen molar-refractivity contribution in [3.8, 4) is 11.5 Å². The molecular formula is C20H25ClFN3O4S. The number of primary sulfonamides is 1. The van der Waals surface area contributed by atoms with Gasteiger partial charge in [-0.3, -0.25) is 9.80 Å². The SMILES string of the molecule is COCCN1CCN(Cc2cc(S(N)(=O)=O)ccc2Oc2ccc(F)c(Cl)c2)CC1. The van der Waals surface area contributed by atoms with Crippen molar-refractivity contribution < 1.29 is 22.3 Å². The minimum absolute atomic E-state index is 0.0146. The van der Waals surface area contributed by atoms with Crippen molar-refractivity contribution in [2.75, 3.05) is 46.4 Å². The summed E-state index contributed by atoms with van der Waals surface area (Å²) in [4.78, 5) is 4.55. The molecule has 0 amide bonds. The molecule has 1 aliphatic heterocycles. The van der Waals surface area contributed by atoms with Crippen LogP contribution in [0, 0.1) is 5.82 Å². The van der Waals surface area contributed by atoms with E-state index in [0.29, 0.717) is 30.2 Å². The second-order valence-corrected chi connectivity index (χ2v) is 9.07. The van der Waals surface area contributed by atoms with Crippen LogP contribution in [0.25, 0.3) is 0 Å². The number of nitrogens with zero attached hydrogens (tertiary/aromatic N) is 2. The summed E-state index contributed by atoms with van der Waals surface area (Å²) in [5.74, 6) is 0.280. The van der Waals surface area contributed by atoms with Crippen molar-refractivity contribution in [2.24, 2.45) is 5.14 Å². The number of ether oxygens (including phenoxy) is 2. The Hall–Kier alpha value is -1.75. The Bertz CT molecular complexity index is 982. The molecule has 2 aromatic carbocycles. The standard InChI is InChI=1S/C20H25ClFN3O4S/c1-28-11-10-24-6-8-25(9-7-24)14-15-12-17(30(23,26)27)3-5-20(15)29-16-2-4-19(22)18(21)13-16/h2-5,12-13H,6-11,14H2,1H3,(H2,23,26,27). The maximum absolute atomic E-state index is 13.4. The number of nitrogens with two attached hydrogens (primary N) is 1. The van der Waals surface area contributed by atoms with Gasteiger partial charge in [-0.1, -0.05) is 11.6 Å². The van der Waals surface area contributed by atoms with E-state index in [9.17, 15) is 12.8 Å². The van der Waals surface area contributed by atoms with Crippen LogP contribution in [0.2, 0.25) is 5.02 Å². The molecule has 2 N–H and O–H groups in total. The molecule has 2 aromatic rings. The third-order valence-electron chi connectivity index (χ3n) is 4.95. The van der Waals surface area contributed by atoms with Crippen molar-refractivity contribution in [3.05, 3.63) is 52.8 Å². The molecule has 30 heavy (non-hydrogen) atoms. The zero-order chi connectivity index (χ0) is 21.7. The number of methoxy groups -OCH3 is 1. The highest BCUT2D eigenvalue weighted by Crippen LogP contribution is 2.31. The number of hydrogen-bond donors (Lipinski definition) is 1. The predicted molar refractivity (Wildman–Crippen MR) is 113 cm³/mol. The molecule has 0 bridgehead atoms. The molecule has 7 nitrogen and oxygen atoms in total. The molecule has 1 heterocycles. The van der Waals surface area contributed by atoms with Gasteiger partial charge in [0.1, 0.15) is 17.3 Å². The van der Waals surface area contributed by atoms with Crippen molar-refractivity contribution in [1.82, 2.24) is 9.80 Å². The van der Waals surface area contributed by atoms with E-state index in [1.807, 2.05) is 0 Å². The summed E-state index contributed by atoms with van der Waals surface area (Å²) < 4.78 is 48.1.